The number of anilines is 2. The highest BCUT2D eigenvalue weighted by atomic mass is 35.5. The topological polar surface area (TPSA) is 87.7 Å². The number of benzene rings is 3. The fourth-order valence-corrected chi connectivity index (χ4v) is 4.11. The van der Waals surface area contributed by atoms with Crippen LogP contribution in [0.4, 0.5) is 11.4 Å². The largest absolute Gasteiger partial charge is 0.484 e. The van der Waals surface area contributed by atoms with Gasteiger partial charge in [0.2, 0.25) is 11.8 Å². The number of rotatable bonds is 8. The highest BCUT2D eigenvalue weighted by Crippen LogP contribution is 2.27. The smallest absolute Gasteiger partial charge is 0.262 e. The van der Waals surface area contributed by atoms with Crippen molar-refractivity contribution in [1.82, 2.24) is 5.32 Å². The van der Waals surface area contributed by atoms with E-state index in [2.05, 4.69) is 10.6 Å². The molecule has 0 saturated carbocycles. The third-order valence-corrected chi connectivity index (χ3v) is 6.54. The number of nitrogens with one attached hydrogen (secondary N) is 2. The second kappa shape index (κ2) is 11.5. The van der Waals surface area contributed by atoms with Crippen molar-refractivity contribution in [2.75, 3.05) is 23.4 Å². The Morgan fingerprint density at radius 3 is 2.42 bits per heavy atom. The Morgan fingerprint density at radius 1 is 1.00 bits per heavy atom. The van der Waals surface area contributed by atoms with E-state index in [0.29, 0.717) is 40.3 Å². The molecule has 1 aliphatic heterocycles. The first-order valence-corrected chi connectivity index (χ1v) is 12.2. The number of ether oxygens (including phenoxy) is 1. The molecule has 186 valence electrons. The van der Waals surface area contributed by atoms with Gasteiger partial charge in [-0.05, 0) is 55.0 Å². The van der Waals surface area contributed by atoms with E-state index in [1.165, 1.54) is 0 Å². The maximum absolute atomic E-state index is 12.6. The van der Waals surface area contributed by atoms with Gasteiger partial charge in [-0.25, -0.2) is 0 Å². The highest BCUT2D eigenvalue weighted by Gasteiger charge is 2.35. The van der Waals surface area contributed by atoms with E-state index in [1.807, 2.05) is 31.2 Å². The molecular formula is C27H25Cl2N3O4. The average molecular weight is 526 g/mol. The predicted molar refractivity (Wildman–Crippen MR) is 141 cm³/mol. The van der Waals surface area contributed by atoms with E-state index >= 15 is 0 Å². The summed E-state index contributed by atoms with van der Waals surface area (Å²) in [5.41, 5.74) is 3.35. The molecular weight excluding hydrogens is 501 g/mol. The van der Waals surface area contributed by atoms with Crippen molar-refractivity contribution in [3.8, 4) is 5.75 Å². The standard InChI is InChI=1S/C27H25Cl2N3O4/c1-17-2-4-18(5-3-17)14-30-27(35)19-12-26(34)32(15-19)21-7-9-22(10-8-21)36-16-25(33)31-20-6-11-23(28)24(29)13-20/h2-11,13,19H,12,14-16H2,1H3,(H,30,35)(H,31,33)/t19-/m1/s1. The molecule has 7 nitrogen and oxygen atoms in total. The fourth-order valence-electron chi connectivity index (χ4n) is 3.81. The first kappa shape index (κ1) is 25.5. The number of nitrogens with zero attached hydrogens (tertiary/aromatic N) is 1. The molecule has 0 aromatic heterocycles. The molecule has 1 atom stereocenters. The van der Waals surface area contributed by atoms with Gasteiger partial charge >= 0.3 is 0 Å². The summed E-state index contributed by atoms with van der Waals surface area (Å²) < 4.78 is 5.54. The zero-order valence-corrected chi connectivity index (χ0v) is 21.1. The molecule has 0 aliphatic carbocycles. The Bertz CT molecular complexity index is 1260. The zero-order valence-electron chi connectivity index (χ0n) is 19.6. The predicted octanol–water partition coefficient (Wildman–Crippen LogP) is 4.99. The summed E-state index contributed by atoms with van der Waals surface area (Å²) in [6.07, 6.45) is 0.160. The molecule has 0 radical (unpaired) electrons. The lowest BCUT2D eigenvalue weighted by Gasteiger charge is -2.17. The van der Waals surface area contributed by atoms with Gasteiger partial charge in [-0.1, -0.05) is 53.0 Å². The maximum Gasteiger partial charge on any atom is 0.262 e. The van der Waals surface area contributed by atoms with Gasteiger partial charge < -0.3 is 20.3 Å². The zero-order chi connectivity index (χ0) is 25.7. The first-order chi connectivity index (χ1) is 17.3. The lowest BCUT2D eigenvalue weighted by atomic mass is 10.1. The third kappa shape index (κ3) is 6.56. The average Bonchev–Trinajstić information content (AvgIpc) is 3.26. The van der Waals surface area contributed by atoms with Gasteiger partial charge in [-0.2, -0.15) is 0 Å². The van der Waals surface area contributed by atoms with Crippen LogP contribution in [0, 0.1) is 12.8 Å². The molecule has 0 bridgehead atoms. The number of carbonyl (C=O) groups excluding carboxylic acids is 3. The van der Waals surface area contributed by atoms with Gasteiger partial charge in [-0.15, -0.1) is 0 Å². The molecule has 1 heterocycles. The van der Waals surface area contributed by atoms with E-state index in [0.717, 1.165) is 11.1 Å². The number of aryl methyl sites for hydroxylation is 1. The minimum absolute atomic E-state index is 0.111. The van der Waals surface area contributed by atoms with E-state index in [9.17, 15) is 14.4 Å². The normalized spacial score (nSPS) is 15.0. The summed E-state index contributed by atoms with van der Waals surface area (Å²) in [5.74, 6) is -0.544. The van der Waals surface area contributed by atoms with E-state index in [1.54, 1.807) is 47.4 Å². The van der Waals surface area contributed by atoms with Gasteiger partial charge in [0.1, 0.15) is 5.75 Å². The molecule has 36 heavy (non-hydrogen) atoms. The van der Waals surface area contributed by atoms with Gasteiger partial charge in [0, 0.05) is 30.9 Å². The molecule has 3 aromatic rings. The second-order valence-electron chi connectivity index (χ2n) is 8.57. The number of amides is 3. The third-order valence-electron chi connectivity index (χ3n) is 5.80. The molecule has 9 heteroatoms. The second-order valence-corrected chi connectivity index (χ2v) is 9.38. The summed E-state index contributed by atoms with van der Waals surface area (Å²) in [7, 11) is 0. The van der Waals surface area contributed by atoms with Crippen molar-refractivity contribution in [1.29, 1.82) is 0 Å². The van der Waals surface area contributed by atoms with Crippen molar-refractivity contribution < 1.29 is 19.1 Å². The quantitative estimate of drug-likeness (QED) is 0.433. The van der Waals surface area contributed by atoms with Crippen LogP contribution in [0.15, 0.2) is 66.7 Å². The summed E-state index contributed by atoms with van der Waals surface area (Å²) in [6.45, 7) is 2.54. The Morgan fingerprint density at radius 2 is 1.72 bits per heavy atom. The van der Waals surface area contributed by atoms with E-state index in [-0.39, 0.29) is 30.7 Å². The fraction of sp³-hybridized carbons (Fsp3) is 0.222. The van der Waals surface area contributed by atoms with Crippen molar-refractivity contribution in [3.63, 3.8) is 0 Å². The molecule has 0 unspecified atom stereocenters. The lowest BCUT2D eigenvalue weighted by Crippen LogP contribution is -2.32. The minimum atomic E-state index is -0.413. The van der Waals surface area contributed by atoms with Crippen molar-refractivity contribution in [3.05, 3.63) is 87.9 Å². The summed E-state index contributed by atoms with van der Waals surface area (Å²) in [4.78, 5) is 38.9. The van der Waals surface area contributed by atoms with Crippen LogP contribution >= 0.6 is 23.2 Å². The van der Waals surface area contributed by atoms with Gasteiger partial charge in [0.25, 0.3) is 5.91 Å². The van der Waals surface area contributed by atoms with E-state index in [4.69, 9.17) is 27.9 Å². The van der Waals surface area contributed by atoms with Crippen LogP contribution in [0.2, 0.25) is 10.0 Å². The lowest BCUT2D eigenvalue weighted by molar-refractivity contribution is -0.126. The van der Waals surface area contributed by atoms with Crippen molar-refractivity contribution in [2.45, 2.75) is 19.9 Å². The number of hydrogen-bond acceptors (Lipinski definition) is 4. The summed E-state index contributed by atoms with van der Waals surface area (Å²) in [6, 6.07) is 19.6. The Labute approximate surface area is 219 Å². The Balaban J connectivity index is 1.26. The molecule has 1 aliphatic rings. The molecule has 0 spiro atoms. The highest BCUT2D eigenvalue weighted by molar-refractivity contribution is 6.42. The molecule has 2 N–H and O–H groups in total. The van der Waals surface area contributed by atoms with Crippen LogP contribution in [0.5, 0.6) is 5.75 Å². The van der Waals surface area contributed by atoms with Crippen molar-refractivity contribution in [2.24, 2.45) is 5.92 Å². The Hall–Kier alpha value is -3.55. The van der Waals surface area contributed by atoms with Crippen LogP contribution in [-0.2, 0) is 20.9 Å². The van der Waals surface area contributed by atoms with Crippen LogP contribution in [0.3, 0.4) is 0 Å². The minimum Gasteiger partial charge on any atom is -0.484 e. The molecule has 3 aromatic carbocycles. The number of carbonyl (C=O) groups is 3. The SMILES string of the molecule is Cc1ccc(CNC(=O)[C@@H]2CC(=O)N(c3ccc(OCC(=O)Nc4ccc(Cl)c(Cl)c4)cc3)C2)cc1. The van der Waals surface area contributed by atoms with Crippen LogP contribution in [0.25, 0.3) is 0 Å². The first-order valence-electron chi connectivity index (χ1n) is 11.4. The molecule has 1 saturated heterocycles. The molecule has 1 fully saturated rings. The van der Waals surface area contributed by atoms with Crippen molar-refractivity contribution >= 4 is 52.3 Å². The number of halogens is 2. The summed E-state index contributed by atoms with van der Waals surface area (Å²) >= 11 is 11.8. The summed E-state index contributed by atoms with van der Waals surface area (Å²) in [5, 5.41) is 6.35. The van der Waals surface area contributed by atoms with Crippen LogP contribution in [0.1, 0.15) is 17.5 Å². The van der Waals surface area contributed by atoms with Gasteiger partial charge in [0.05, 0.1) is 16.0 Å². The monoisotopic (exact) mass is 525 g/mol. The van der Waals surface area contributed by atoms with Gasteiger partial charge in [0.15, 0.2) is 6.61 Å². The van der Waals surface area contributed by atoms with Crippen LogP contribution in [-0.4, -0.2) is 30.9 Å². The molecule has 4 rings (SSSR count). The van der Waals surface area contributed by atoms with Crippen LogP contribution < -0.4 is 20.3 Å². The molecule has 3 amide bonds. The maximum atomic E-state index is 12.6. The van der Waals surface area contributed by atoms with Gasteiger partial charge in [-0.3, -0.25) is 14.4 Å². The Kier molecular flexibility index (Phi) is 8.13. The number of hydrogen-bond donors (Lipinski definition) is 2. The van der Waals surface area contributed by atoms with E-state index < -0.39 is 5.92 Å².